The molecule has 3 rings (SSSR count). The molecule has 0 amide bonds. The molecule has 0 aliphatic heterocycles. The van der Waals surface area contributed by atoms with Crippen molar-refractivity contribution in [1.82, 2.24) is 15.1 Å². The van der Waals surface area contributed by atoms with E-state index in [4.69, 9.17) is 27.7 Å². The van der Waals surface area contributed by atoms with Gasteiger partial charge in [0.2, 0.25) is 5.82 Å². The lowest BCUT2D eigenvalue weighted by atomic mass is 10.3. The van der Waals surface area contributed by atoms with Crippen LogP contribution >= 0.6 is 34.5 Å². The highest BCUT2D eigenvalue weighted by Crippen LogP contribution is 2.35. The Kier molecular flexibility index (Phi) is 3.14. The first-order chi connectivity index (χ1) is 9.15. The van der Waals surface area contributed by atoms with Gasteiger partial charge in [0.05, 0.1) is 10.0 Å². The van der Waals surface area contributed by atoms with Crippen LogP contribution in [0.25, 0.3) is 22.3 Å². The predicted octanol–water partition coefficient (Wildman–Crippen LogP) is 3.87. The van der Waals surface area contributed by atoms with Crippen molar-refractivity contribution in [3.8, 4) is 28.0 Å². The van der Waals surface area contributed by atoms with Crippen molar-refractivity contribution in [3.63, 3.8) is 0 Å². The molecule has 0 atom stereocenters. The largest absolute Gasteiger partial charge is 0.506 e. The summed E-state index contributed by atoms with van der Waals surface area (Å²) in [6.07, 6.45) is 1.45. The number of nitrogens with zero attached hydrogens (tertiary/aromatic N) is 3. The van der Waals surface area contributed by atoms with E-state index in [0.29, 0.717) is 20.6 Å². The van der Waals surface area contributed by atoms with Crippen LogP contribution in [0.1, 0.15) is 0 Å². The molecular formula is C11H5Cl2N3O2S. The van der Waals surface area contributed by atoms with E-state index in [1.54, 1.807) is 17.5 Å². The maximum atomic E-state index is 9.60. The Morgan fingerprint density at radius 1 is 1.32 bits per heavy atom. The minimum absolute atomic E-state index is 0.0929. The zero-order chi connectivity index (χ0) is 13.4. The Hall–Kier alpha value is -1.63. The predicted molar refractivity (Wildman–Crippen MR) is 72.5 cm³/mol. The Morgan fingerprint density at radius 2 is 2.16 bits per heavy atom. The molecule has 0 saturated heterocycles. The summed E-state index contributed by atoms with van der Waals surface area (Å²) in [6.45, 7) is 0. The van der Waals surface area contributed by atoms with E-state index in [1.165, 1.54) is 17.5 Å². The lowest BCUT2D eigenvalue weighted by Crippen LogP contribution is -1.87. The minimum atomic E-state index is 0.0929. The number of hydrogen-bond donors (Lipinski definition) is 1. The molecule has 8 heteroatoms. The van der Waals surface area contributed by atoms with Gasteiger partial charge in [-0.15, -0.1) is 11.3 Å². The van der Waals surface area contributed by atoms with Gasteiger partial charge in [-0.25, -0.2) is 4.98 Å². The Labute approximate surface area is 121 Å². The third-order valence-electron chi connectivity index (χ3n) is 2.28. The van der Waals surface area contributed by atoms with E-state index in [0.717, 1.165) is 0 Å². The summed E-state index contributed by atoms with van der Waals surface area (Å²) in [6, 6.07) is 3.10. The fourth-order valence-electron chi connectivity index (χ4n) is 1.45. The van der Waals surface area contributed by atoms with Crippen LogP contribution < -0.4 is 0 Å². The molecule has 3 aromatic rings. The molecule has 0 bridgehead atoms. The van der Waals surface area contributed by atoms with E-state index in [1.807, 2.05) is 0 Å². The molecule has 0 fully saturated rings. The quantitative estimate of drug-likeness (QED) is 0.777. The molecule has 0 unspecified atom stereocenters. The van der Waals surface area contributed by atoms with Crippen LogP contribution in [0.5, 0.6) is 5.75 Å². The van der Waals surface area contributed by atoms with Crippen molar-refractivity contribution in [1.29, 1.82) is 0 Å². The minimum Gasteiger partial charge on any atom is -0.506 e. The normalized spacial score (nSPS) is 10.8. The van der Waals surface area contributed by atoms with E-state index < -0.39 is 0 Å². The van der Waals surface area contributed by atoms with Crippen LogP contribution in [0.15, 0.2) is 28.2 Å². The molecule has 0 saturated carbocycles. The van der Waals surface area contributed by atoms with Crippen LogP contribution in [0.2, 0.25) is 10.0 Å². The lowest BCUT2D eigenvalue weighted by molar-refractivity contribution is 0.427. The van der Waals surface area contributed by atoms with Crippen LogP contribution in [0, 0.1) is 0 Å². The van der Waals surface area contributed by atoms with Crippen LogP contribution in [-0.2, 0) is 0 Å². The van der Waals surface area contributed by atoms with E-state index in [2.05, 4.69) is 15.1 Å². The Bertz CT molecular complexity index is 741. The Morgan fingerprint density at radius 3 is 2.84 bits per heavy atom. The molecule has 0 radical (unpaired) electrons. The molecule has 19 heavy (non-hydrogen) atoms. The van der Waals surface area contributed by atoms with E-state index in [9.17, 15) is 5.11 Å². The summed E-state index contributed by atoms with van der Waals surface area (Å²) in [5, 5.41) is 15.9. The molecule has 3 aromatic heterocycles. The van der Waals surface area contributed by atoms with E-state index >= 15 is 0 Å². The number of thiophene rings is 1. The average molecular weight is 314 g/mol. The van der Waals surface area contributed by atoms with Gasteiger partial charge in [0, 0.05) is 6.20 Å². The number of aromatic nitrogens is 3. The molecule has 0 aromatic carbocycles. The Balaban J connectivity index is 2.04. The van der Waals surface area contributed by atoms with Crippen molar-refractivity contribution in [2.24, 2.45) is 0 Å². The second-order valence-corrected chi connectivity index (χ2v) is 5.30. The SMILES string of the molecule is Oc1ccsc1-c1nc(-c2ncc(Cl)cc2Cl)no1. The number of rotatable bonds is 2. The van der Waals surface area contributed by atoms with Gasteiger partial charge in [-0.05, 0) is 17.5 Å². The van der Waals surface area contributed by atoms with Crippen molar-refractivity contribution >= 4 is 34.5 Å². The summed E-state index contributed by atoms with van der Waals surface area (Å²) >= 11 is 13.1. The number of halogens is 2. The van der Waals surface area contributed by atoms with Gasteiger partial charge in [0.25, 0.3) is 5.89 Å². The third-order valence-corrected chi connectivity index (χ3v) is 3.67. The zero-order valence-corrected chi connectivity index (χ0v) is 11.5. The monoisotopic (exact) mass is 313 g/mol. The molecule has 5 nitrogen and oxygen atoms in total. The summed E-state index contributed by atoms with van der Waals surface area (Å²) in [4.78, 5) is 8.72. The van der Waals surface area contributed by atoms with Gasteiger partial charge in [0.1, 0.15) is 16.3 Å². The molecular weight excluding hydrogens is 309 g/mol. The molecule has 96 valence electrons. The second kappa shape index (κ2) is 4.80. The second-order valence-electron chi connectivity index (χ2n) is 3.54. The lowest BCUT2D eigenvalue weighted by Gasteiger charge is -1.97. The highest BCUT2D eigenvalue weighted by Gasteiger charge is 2.17. The van der Waals surface area contributed by atoms with Gasteiger partial charge >= 0.3 is 0 Å². The highest BCUT2D eigenvalue weighted by atomic mass is 35.5. The van der Waals surface area contributed by atoms with Crippen molar-refractivity contribution in [3.05, 3.63) is 33.8 Å². The molecule has 0 aliphatic carbocycles. The fraction of sp³-hybridized carbons (Fsp3) is 0. The van der Waals surface area contributed by atoms with Crippen LogP contribution in [0.4, 0.5) is 0 Å². The number of pyridine rings is 1. The smallest absolute Gasteiger partial charge is 0.272 e. The van der Waals surface area contributed by atoms with Gasteiger partial charge < -0.3 is 9.63 Å². The first-order valence-electron chi connectivity index (χ1n) is 5.07. The standard InChI is InChI=1S/C11H5Cl2N3O2S/c12-5-3-6(13)8(14-4-5)10-15-11(18-16-10)9-7(17)1-2-19-9/h1-4,17H. The topological polar surface area (TPSA) is 72.0 Å². The highest BCUT2D eigenvalue weighted by molar-refractivity contribution is 7.13. The maximum Gasteiger partial charge on any atom is 0.272 e. The summed E-state index contributed by atoms with van der Waals surface area (Å²) < 4.78 is 5.09. The summed E-state index contributed by atoms with van der Waals surface area (Å²) in [5.41, 5.74) is 0.372. The van der Waals surface area contributed by atoms with Crippen molar-refractivity contribution in [2.45, 2.75) is 0 Å². The number of hydrogen-bond acceptors (Lipinski definition) is 6. The molecule has 0 spiro atoms. The number of aromatic hydroxyl groups is 1. The van der Waals surface area contributed by atoms with Gasteiger partial charge in [0.15, 0.2) is 0 Å². The first kappa shape index (κ1) is 12.4. The third kappa shape index (κ3) is 2.30. The summed E-state index contributed by atoms with van der Waals surface area (Å²) in [7, 11) is 0. The van der Waals surface area contributed by atoms with Gasteiger partial charge in [-0.3, -0.25) is 0 Å². The van der Waals surface area contributed by atoms with Gasteiger partial charge in [-0.1, -0.05) is 28.4 Å². The van der Waals surface area contributed by atoms with Crippen molar-refractivity contribution < 1.29 is 9.63 Å². The van der Waals surface area contributed by atoms with Crippen LogP contribution in [0.3, 0.4) is 0 Å². The average Bonchev–Trinajstić information content (AvgIpc) is 2.97. The molecule has 0 aliphatic rings. The van der Waals surface area contributed by atoms with Crippen LogP contribution in [-0.4, -0.2) is 20.2 Å². The fourth-order valence-corrected chi connectivity index (χ4v) is 2.62. The zero-order valence-electron chi connectivity index (χ0n) is 9.17. The van der Waals surface area contributed by atoms with Crippen molar-refractivity contribution in [2.75, 3.05) is 0 Å². The first-order valence-corrected chi connectivity index (χ1v) is 6.70. The molecule has 3 heterocycles. The van der Waals surface area contributed by atoms with Gasteiger partial charge in [-0.2, -0.15) is 4.98 Å². The molecule has 1 N–H and O–H groups in total. The maximum absolute atomic E-state index is 9.60. The summed E-state index contributed by atoms with van der Waals surface area (Å²) in [5.74, 6) is 0.551. The van der Waals surface area contributed by atoms with E-state index in [-0.39, 0.29) is 17.5 Å².